The zero-order valence-electron chi connectivity index (χ0n) is 19.1. The number of allylic oxidation sites excluding steroid dienone is 1. The van der Waals surface area contributed by atoms with Crippen LogP contribution in [0.5, 0.6) is 0 Å². The van der Waals surface area contributed by atoms with Crippen molar-refractivity contribution in [3.63, 3.8) is 0 Å². The van der Waals surface area contributed by atoms with Crippen molar-refractivity contribution >= 4 is 17.9 Å². The maximum atomic E-state index is 12.8. The highest BCUT2D eigenvalue weighted by molar-refractivity contribution is 6.05. The zero-order valence-corrected chi connectivity index (χ0v) is 19.1. The second-order valence-corrected chi connectivity index (χ2v) is 9.05. The molecule has 0 bridgehead atoms. The molecular formula is C25H32O6. The van der Waals surface area contributed by atoms with Gasteiger partial charge >= 0.3 is 17.9 Å². The summed E-state index contributed by atoms with van der Waals surface area (Å²) in [7, 11) is 4.05. The summed E-state index contributed by atoms with van der Waals surface area (Å²) < 4.78 is 15.2. The average molecular weight is 429 g/mol. The summed E-state index contributed by atoms with van der Waals surface area (Å²) in [5.74, 6) is -1.25. The number of esters is 3. The fourth-order valence-corrected chi connectivity index (χ4v) is 6.15. The molecule has 1 unspecified atom stereocenters. The van der Waals surface area contributed by atoms with Crippen molar-refractivity contribution < 1.29 is 28.6 Å². The molecule has 0 aromatic heterocycles. The second kappa shape index (κ2) is 8.48. The SMILES string of the molecule is C=CCc1c2c(cc(C(=O)OC)c1C(=O)OC)[C@@]1(C)CCC[C@](C)(C(=O)OC)C1CC2. The molecule has 0 N–H and O–H groups in total. The van der Waals surface area contributed by atoms with E-state index in [9.17, 15) is 14.4 Å². The third-order valence-electron chi connectivity index (χ3n) is 7.57. The van der Waals surface area contributed by atoms with Gasteiger partial charge in [0, 0.05) is 0 Å². The largest absolute Gasteiger partial charge is 0.469 e. The van der Waals surface area contributed by atoms with Gasteiger partial charge in [-0.1, -0.05) is 19.4 Å². The van der Waals surface area contributed by atoms with Crippen molar-refractivity contribution in [3.05, 3.63) is 46.5 Å². The molecule has 6 nitrogen and oxygen atoms in total. The van der Waals surface area contributed by atoms with Crippen molar-refractivity contribution in [1.29, 1.82) is 0 Å². The van der Waals surface area contributed by atoms with Crippen molar-refractivity contribution in [2.75, 3.05) is 21.3 Å². The molecule has 168 valence electrons. The molecule has 3 rings (SSSR count). The third-order valence-corrected chi connectivity index (χ3v) is 7.57. The van der Waals surface area contributed by atoms with Crippen LogP contribution in [0.1, 0.15) is 76.9 Å². The highest BCUT2D eigenvalue weighted by atomic mass is 16.5. The first-order valence-electron chi connectivity index (χ1n) is 10.7. The van der Waals surface area contributed by atoms with Crippen LogP contribution in [0.3, 0.4) is 0 Å². The lowest BCUT2D eigenvalue weighted by Gasteiger charge is -2.54. The Kier molecular flexibility index (Phi) is 6.30. The zero-order chi connectivity index (χ0) is 23.0. The van der Waals surface area contributed by atoms with Crippen LogP contribution in [0, 0.1) is 11.3 Å². The molecule has 0 amide bonds. The van der Waals surface area contributed by atoms with E-state index in [0.29, 0.717) is 12.8 Å². The van der Waals surface area contributed by atoms with Gasteiger partial charge in [-0.2, -0.15) is 0 Å². The summed E-state index contributed by atoms with van der Waals surface area (Å²) in [5.41, 5.74) is 2.37. The number of carbonyl (C=O) groups excluding carboxylic acids is 3. The molecular weight excluding hydrogens is 396 g/mol. The fraction of sp³-hybridized carbons (Fsp3) is 0.560. The standard InChI is InChI=1S/C25H32O6/c1-7-9-16-15-10-11-19-24(2,12-8-13-25(19,3)23(28)31-6)18(15)14-17(21(26)29-4)20(16)22(27)30-5/h7,14,19H,1,8-13H2,2-6H3/t19?,24-,25+/m1/s1. The van der Waals surface area contributed by atoms with Crippen LogP contribution in [-0.4, -0.2) is 39.2 Å². The minimum absolute atomic E-state index is 0.0692. The number of methoxy groups -OCH3 is 3. The van der Waals surface area contributed by atoms with Crippen LogP contribution in [0.15, 0.2) is 18.7 Å². The van der Waals surface area contributed by atoms with Gasteiger partial charge in [-0.15, -0.1) is 6.58 Å². The van der Waals surface area contributed by atoms with E-state index < -0.39 is 17.4 Å². The number of hydrogen-bond donors (Lipinski definition) is 0. The number of benzene rings is 1. The molecule has 1 fully saturated rings. The van der Waals surface area contributed by atoms with E-state index in [-0.39, 0.29) is 28.4 Å². The molecule has 31 heavy (non-hydrogen) atoms. The minimum Gasteiger partial charge on any atom is -0.469 e. The lowest BCUT2D eigenvalue weighted by molar-refractivity contribution is -0.161. The van der Waals surface area contributed by atoms with Crippen molar-refractivity contribution in [1.82, 2.24) is 0 Å². The average Bonchev–Trinajstić information content (AvgIpc) is 2.77. The van der Waals surface area contributed by atoms with Gasteiger partial charge in [-0.3, -0.25) is 4.79 Å². The Morgan fingerprint density at radius 2 is 1.77 bits per heavy atom. The van der Waals surface area contributed by atoms with Gasteiger partial charge in [0.15, 0.2) is 0 Å². The normalized spacial score (nSPS) is 26.8. The Labute approximate surface area is 183 Å². The summed E-state index contributed by atoms with van der Waals surface area (Å²) >= 11 is 0. The van der Waals surface area contributed by atoms with Gasteiger partial charge in [0.1, 0.15) is 0 Å². The highest BCUT2D eigenvalue weighted by Crippen LogP contribution is 2.58. The molecule has 2 aliphatic rings. The number of carbonyl (C=O) groups is 3. The van der Waals surface area contributed by atoms with Crippen molar-refractivity contribution in [2.45, 2.75) is 57.8 Å². The molecule has 6 heteroatoms. The predicted molar refractivity (Wildman–Crippen MR) is 116 cm³/mol. The lowest BCUT2D eigenvalue weighted by Crippen LogP contribution is -2.53. The van der Waals surface area contributed by atoms with Crippen LogP contribution in [0.2, 0.25) is 0 Å². The van der Waals surface area contributed by atoms with E-state index >= 15 is 0 Å². The predicted octanol–water partition coefficient (Wildman–Crippen LogP) is 4.17. The molecule has 1 saturated carbocycles. The Morgan fingerprint density at radius 1 is 1.10 bits per heavy atom. The molecule has 0 radical (unpaired) electrons. The summed E-state index contributed by atoms with van der Waals surface area (Å²) in [6.07, 6.45) is 6.22. The quantitative estimate of drug-likeness (QED) is 0.398. The van der Waals surface area contributed by atoms with Crippen LogP contribution >= 0.6 is 0 Å². The summed E-state index contributed by atoms with van der Waals surface area (Å²) in [5, 5.41) is 0. The third kappa shape index (κ3) is 3.46. The topological polar surface area (TPSA) is 78.9 Å². The van der Waals surface area contributed by atoms with Crippen LogP contribution < -0.4 is 0 Å². The molecule has 0 spiro atoms. The van der Waals surface area contributed by atoms with Crippen molar-refractivity contribution in [2.24, 2.45) is 11.3 Å². The molecule has 2 aliphatic carbocycles. The van der Waals surface area contributed by atoms with Crippen LogP contribution in [0.25, 0.3) is 0 Å². The van der Waals surface area contributed by atoms with Crippen LogP contribution in [0.4, 0.5) is 0 Å². The molecule has 0 heterocycles. The van der Waals surface area contributed by atoms with E-state index in [1.54, 1.807) is 12.1 Å². The molecule has 0 aliphatic heterocycles. The van der Waals surface area contributed by atoms with E-state index in [2.05, 4.69) is 13.5 Å². The summed E-state index contributed by atoms with van der Waals surface area (Å²) in [6.45, 7) is 8.03. The highest BCUT2D eigenvalue weighted by Gasteiger charge is 2.56. The molecule has 0 saturated heterocycles. The van der Waals surface area contributed by atoms with E-state index in [1.807, 2.05) is 6.92 Å². The number of fused-ring (bicyclic) bond motifs is 3. The smallest absolute Gasteiger partial charge is 0.339 e. The van der Waals surface area contributed by atoms with Gasteiger partial charge in [-0.25, -0.2) is 9.59 Å². The molecule has 1 aromatic carbocycles. The maximum absolute atomic E-state index is 12.8. The Morgan fingerprint density at radius 3 is 2.35 bits per heavy atom. The van der Waals surface area contributed by atoms with Gasteiger partial charge in [0.2, 0.25) is 0 Å². The first kappa shape index (κ1) is 23.0. The molecule has 1 aromatic rings. The number of hydrogen-bond acceptors (Lipinski definition) is 6. The Hall–Kier alpha value is -2.63. The minimum atomic E-state index is -0.593. The van der Waals surface area contributed by atoms with Gasteiger partial charge in [0.05, 0.1) is 37.9 Å². The summed E-state index contributed by atoms with van der Waals surface area (Å²) in [6, 6.07) is 1.80. The van der Waals surface area contributed by atoms with Gasteiger partial charge in [0.25, 0.3) is 0 Å². The first-order valence-corrected chi connectivity index (χ1v) is 10.7. The Balaban J connectivity index is 2.31. The summed E-state index contributed by atoms with van der Waals surface area (Å²) in [4.78, 5) is 38.2. The van der Waals surface area contributed by atoms with Crippen LogP contribution in [-0.2, 0) is 37.3 Å². The van der Waals surface area contributed by atoms with E-state index in [4.69, 9.17) is 14.2 Å². The Bertz CT molecular complexity index is 932. The number of ether oxygens (including phenoxy) is 3. The second-order valence-electron chi connectivity index (χ2n) is 9.05. The first-order chi connectivity index (χ1) is 14.7. The van der Waals surface area contributed by atoms with Gasteiger partial charge in [-0.05, 0) is 73.1 Å². The fourth-order valence-electron chi connectivity index (χ4n) is 6.15. The lowest BCUT2D eigenvalue weighted by atomic mass is 9.49. The number of rotatable bonds is 5. The maximum Gasteiger partial charge on any atom is 0.339 e. The van der Waals surface area contributed by atoms with Crippen molar-refractivity contribution in [3.8, 4) is 0 Å². The monoisotopic (exact) mass is 428 g/mol. The van der Waals surface area contributed by atoms with E-state index in [1.165, 1.54) is 21.3 Å². The van der Waals surface area contributed by atoms with E-state index in [0.717, 1.165) is 42.4 Å². The molecule has 3 atom stereocenters. The van der Waals surface area contributed by atoms with Gasteiger partial charge < -0.3 is 14.2 Å².